The predicted octanol–water partition coefficient (Wildman–Crippen LogP) is 2.62. The first kappa shape index (κ1) is 16.5. The van der Waals surface area contributed by atoms with Crippen molar-refractivity contribution < 1.29 is 13.6 Å². The zero-order valence-corrected chi connectivity index (χ0v) is 13.5. The molecule has 1 amide bonds. The summed E-state index contributed by atoms with van der Waals surface area (Å²) in [5.74, 6) is 0.190. The van der Waals surface area contributed by atoms with E-state index in [2.05, 4.69) is 16.1 Å². The van der Waals surface area contributed by atoms with E-state index in [1.165, 1.54) is 11.9 Å². The van der Waals surface area contributed by atoms with Crippen LogP contribution in [0.15, 0.2) is 30.6 Å². The number of rotatable bonds is 5. The Balaban J connectivity index is 1.73. The van der Waals surface area contributed by atoms with Crippen LogP contribution in [0.2, 0.25) is 0 Å². The van der Waals surface area contributed by atoms with Gasteiger partial charge in [-0.3, -0.25) is 4.79 Å². The van der Waals surface area contributed by atoms with E-state index in [1.54, 1.807) is 11.9 Å². The van der Waals surface area contributed by atoms with Gasteiger partial charge in [0.25, 0.3) is 6.43 Å². The Kier molecular flexibility index (Phi) is 4.87. The van der Waals surface area contributed by atoms with E-state index in [0.717, 1.165) is 29.5 Å². The number of nitrogens with zero attached hydrogens (tertiary/aromatic N) is 4. The van der Waals surface area contributed by atoms with Gasteiger partial charge in [-0.05, 0) is 30.4 Å². The average molecular weight is 334 g/mol. The third-order valence-electron chi connectivity index (χ3n) is 4.43. The van der Waals surface area contributed by atoms with E-state index in [4.69, 9.17) is 0 Å². The standard InChI is InChI=1S/C17H20F2N4O/c1-22(10-16-20-11-21-23(16)9-15(18)19)17(24)14-8-4-6-12-5-2-3-7-13(12)14/h2-3,5,7,11,14-15H,4,6,8-10H2,1H3/t14-/m0/s1. The largest absolute Gasteiger partial charge is 0.338 e. The molecule has 0 bridgehead atoms. The number of fused-ring (bicyclic) bond motifs is 1. The lowest BCUT2D eigenvalue weighted by atomic mass is 9.82. The first-order valence-corrected chi connectivity index (χ1v) is 8.04. The number of likely N-dealkylation sites (N-methyl/N-ethyl adjacent to an activating group) is 1. The molecule has 0 radical (unpaired) electrons. The summed E-state index contributed by atoms with van der Waals surface area (Å²) < 4.78 is 26.3. The summed E-state index contributed by atoms with van der Waals surface area (Å²) in [5.41, 5.74) is 2.30. The van der Waals surface area contributed by atoms with Gasteiger partial charge in [0.05, 0.1) is 12.5 Å². The predicted molar refractivity (Wildman–Crippen MR) is 84.6 cm³/mol. The maximum absolute atomic E-state index is 12.8. The normalized spacial score (nSPS) is 16.9. The van der Waals surface area contributed by atoms with Crippen LogP contribution in [0.1, 0.15) is 35.7 Å². The number of carbonyl (C=O) groups is 1. The van der Waals surface area contributed by atoms with Gasteiger partial charge < -0.3 is 4.90 Å². The molecule has 1 heterocycles. The Bertz CT molecular complexity index is 716. The molecule has 0 saturated heterocycles. The van der Waals surface area contributed by atoms with Crippen molar-refractivity contribution in [2.45, 2.75) is 44.7 Å². The van der Waals surface area contributed by atoms with E-state index in [-0.39, 0.29) is 18.4 Å². The fraction of sp³-hybridized carbons (Fsp3) is 0.471. The number of alkyl halides is 2. The van der Waals surface area contributed by atoms with E-state index in [0.29, 0.717) is 5.82 Å². The summed E-state index contributed by atoms with van der Waals surface area (Å²) >= 11 is 0. The quantitative estimate of drug-likeness (QED) is 0.845. The number of aryl methyl sites for hydroxylation is 1. The smallest absolute Gasteiger partial charge is 0.257 e. The highest BCUT2D eigenvalue weighted by Gasteiger charge is 2.29. The molecule has 128 valence electrons. The molecule has 24 heavy (non-hydrogen) atoms. The Morgan fingerprint density at radius 1 is 1.42 bits per heavy atom. The van der Waals surface area contributed by atoms with Crippen LogP contribution in [0, 0.1) is 0 Å². The van der Waals surface area contributed by atoms with Crippen molar-refractivity contribution >= 4 is 5.91 Å². The van der Waals surface area contributed by atoms with Crippen LogP contribution in [-0.4, -0.2) is 39.0 Å². The number of benzene rings is 1. The minimum atomic E-state index is -2.50. The lowest BCUT2D eigenvalue weighted by Crippen LogP contribution is -2.34. The van der Waals surface area contributed by atoms with Crippen molar-refractivity contribution in [2.75, 3.05) is 7.05 Å². The topological polar surface area (TPSA) is 51.0 Å². The molecule has 0 saturated carbocycles. The molecule has 1 aromatic carbocycles. The van der Waals surface area contributed by atoms with Gasteiger partial charge in [-0.25, -0.2) is 18.4 Å². The van der Waals surface area contributed by atoms with Crippen LogP contribution in [0.5, 0.6) is 0 Å². The highest BCUT2D eigenvalue weighted by molar-refractivity contribution is 5.84. The lowest BCUT2D eigenvalue weighted by molar-refractivity contribution is -0.132. The van der Waals surface area contributed by atoms with Gasteiger partial charge in [0.2, 0.25) is 5.91 Å². The average Bonchev–Trinajstić information content (AvgIpc) is 2.99. The molecule has 0 spiro atoms. The molecular weight excluding hydrogens is 314 g/mol. The Morgan fingerprint density at radius 2 is 2.21 bits per heavy atom. The van der Waals surface area contributed by atoms with Crippen molar-refractivity contribution in [3.8, 4) is 0 Å². The van der Waals surface area contributed by atoms with Crippen molar-refractivity contribution in [1.29, 1.82) is 0 Å². The maximum atomic E-state index is 12.8. The van der Waals surface area contributed by atoms with E-state index >= 15 is 0 Å². The van der Waals surface area contributed by atoms with Gasteiger partial charge in [0.15, 0.2) is 0 Å². The number of halogens is 2. The van der Waals surface area contributed by atoms with E-state index < -0.39 is 13.0 Å². The number of hydrogen-bond donors (Lipinski definition) is 0. The molecule has 0 unspecified atom stereocenters. The first-order valence-electron chi connectivity index (χ1n) is 8.04. The molecule has 1 aliphatic carbocycles. The van der Waals surface area contributed by atoms with Crippen molar-refractivity contribution in [3.63, 3.8) is 0 Å². The number of aromatic nitrogens is 3. The molecule has 2 aromatic rings. The van der Waals surface area contributed by atoms with Crippen LogP contribution in [0.4, 0.5) is 8.78 Å². The summed E-state index contributed by atoms with van der Waals surface area (Å²) in [5, 5.41) is 3.80. The van der Waals surface area contributed by atoms with Crippen molar-refractivity contribution in [2.24, 2.45) is 0 Å². The van der Waals surface area contributed by atoms with Gasteiger partial charge in [-0.1, -0.05) is 24.3 Å². The van der Waals surface area contributed by atoms with Crippen LogP contribution in [0.3, 0.4) is 0 Å². The van der Waals surface area contributed by atoms with Crippen LogP contribution in [0.25, 0.3) is 0 Å². The van der Waals surface area contributed by atoms with Crippen LogP contribution in [-0.2, 0) is 24.3 Å². The molecule has 0 N–H and O–H groups in total. The Labute approximate surface area is 139 Å². The van der Waals surface area contributed by atoms with E-state index in [1.807, 2.05) is 18.2 Å². The second-order valence-electron chi connectivity index (χ2n) is 6.09. The molecule has 3 rings (SSSR count). The first-order chi connectivity index (χ1) is 11.6. The molecule has 7 heteroatoms. The molecule has 0 fully saturated rings. The molecule has 5 nitrogen and oxygen atoms in total. The number of carbonyl (C=O) groups excluding carboxylic acids is 1. The third kappa shape index (κ3) is 3.44. The van der Waals surface area contributed by atoms with E-state index in [9.17, 15) is 13.6 Å². The zero-order chi connectivity index (χ0) is 17.1. The fourth-order valence-corrected chi connectivity index (χ4v) is 3.26. The second kappa shape index (κ2) is 7.07. The number of amides is 1. The SMILES string of the molecule is CN(Cc1ncnn1CC(F)F)C(=O)[C@H]1CCCc2ccccc21. The van der Waals surface area contributed by atoms with Crippen LogP contribution < -0.4 is 0 Å². The monoisotopic (exact) mass is 334 g/mol. The molecular formula is C17H20F2N4O. The maximum Gasteiger partial charge on any atom is 0.257 e. The molecule has 1 aliphatic rings. The minimum Gasteiger partial charge on any atom is -0.338 e. The Morgan fingerprint density at radius 3 is 3.00 bits per heavy atom. The third-order valence-corrected chi connectivity index (χ3v) is 4.43. The van der Waals surface area contributed by atoms with Gasteiger partial charge in [0.1, 0.15) is 18.7 Å². The van der Waals surface area contributed by atoms with Crippen molar-refractivity contribution in [3.05, 3.63) is 47.5 Å². The van der Waals surface area contributed by atoms with Gasteiger partial charge in [0, 0.05) is 7.05 Å². The van der Waals surface area contributed by atoms with Crippen molar-refractivity contribution in [1.82, 2.24) is 19.7 Å². The second-order valence-corrected chi connectivity index (χ2v) is 6.09. The highest BCUT2D eigenvalue weighted by Crippen LogP contribution is 2.32. The summed E-state index contributed by atoms with van der Waals surface area (Å²) in [6, 6.07) is 8.00. The number of hydrogen-bond acceptors (Lipinski definition) is 3. The van der Waals surface area contributed by atoms with Gasteiger partial charge >= 0.3 is 0 Å². The fourth-order valence-electron chi connectivity index (χ4n) is 3.26. The minimum absolute atomic E-state index is 0.00579. The molecule has 0 aliphatic heterocycles. The van der Waals surface area contributed by atoms with Gasteiger partial charge in [-0.2, -0.15) is 5.10 Å². The lowest BCUT2D eigenvalue weighted by Gasteiger charge is -2.28. The summed E-state index contributed by atoms with van der Waals surface area (Å²) in [4.78, 5) is 18.4. The Hall–Kier alpha value is -2.31. The molecule has 1 aromatic heterocycles. The summed E-state index contributed by atoms with van der Waals surface area (Å²) in [6.45, 7) is -0.339. The summed E-state index contributed by atoms with van der Waals surface area (Å²) in [6.07, 6.45) is 1.52. The summed E-state index contributed by atoms with van der Waals surface area (Å²) in [7, 11) is 1.68. The highest BCUT2D eigenvalue weighted by atomic mass is 19.3. The molecule has 1 atom stereocenters. The zero-order valence-electron chi connectivity index (χ0n) is 13.5. The van der Waals surface area contributed by atoms with Crippen LogP contribution >= 0.6 is 0 Å². The van der Waals surface area contributed by atoms with Gasteiger partial charge in [-0.15, -0.1) is 0 Å².